The van der Waals surface area contributed by atoms with Crippen LogP contribution in [0.1, 0.15) is 5.56 Å². The summed E-state index contributed by atoms with van der Waals surface area (Å²) < 4.78 is 0. The normalized spacial score (nSPS) is 10.1. The van der Waals surface area contributed by atoms with Gasteiger partial charge in [0, 0.05) is 11.3 Å². The summed E-state index contributed by atoms with van der Waals surface area (Å²) in [6, 6.07) is 24.0. The van der Waals surface area contributed by atoms with Crippen molar-refractivity contribution in [2.24, 2.45) is 0 Å². The van der Waals surface area contributed by atoms with Crippen LogP contribution in [0.2, 0.25) is 0 Å². The number of pyridine rings is 1. The fraction of sp³-hybridized carbons (Fsp3) is 0.0526. The third-order valence-corrected chi connectivity index (χ3v) is 4.10. The first-order valence-corrected chi connectivity index (χ1v) is 8.41. The second-order valence-corrected chi connectivity index (χ2v) is 5.70. The van der Waals surface area contributed by atoms with Gasteiger partial charge < -0.3 is 5.32 Å². The van der Waals surface area contributed by atoms with E-state index in [4.69, 9.17) is 0 Å². The second kappa shape index (κ2) is 6.99. The summed E-state index contributed by atoms with van der Waals surface area (Å²) >= 11 is 1.48. The lowest BCUT2D eigenvalue weighted by atomic mass is 10.0. The molecule has 0 radical (unpaired) electrons. The molecule has 4 heteroatoms. The van der Waals surface area contributed by atoms with Gasteiger partial charge in [-0.1, -0.05) is 48.5 Å². The summed E-state index contributed by atoms with van der Waals surface area (Å²) in [6.07, 6.45) is 1.93. The lowest BCUT2D eigenvalue weighted by Gasteiger charge is -2.12. The summed E-state index contributed by atoms with van der Waals surface area (Å²) in [4.78, 5) is 4.57. The molecule has 23 heavy (non-hydrogen) atoms. The second-order valence-electron chi connectivity index (χ2n) is 4.91. The first-order valence-electron chi connectivity index (χ1n) is 7.18. The molecule has 1 aromatic heterocycles. The number of nitrogens with one attached hydrogen (secondary N) is 1. The molecule has 0 unspecified atom stereocenters. The SMILES string of the molecule is CSc1nc(Nc2ccccc2)cc(-c2ccccc2)c1C#N. The van der Waals surface area contributed by atoms with Gasteiger partial charge in [-0.05, 0) is 30.0 Å². The Balaban J connectivity index is 2.11. The Hall–Kier alpha value is -2.77. The van der Waals surface area contributed by atoms with E-state index < -0.39 is 0 Å². The number of aromatic nitrogens is 1. The van der Waals surface area contributed by atoms with E-state index in [0.29, 0.717) is 5.56 Å². The molecule has 0 aliphatic rings. The smallest absolute Gasteiger partial charge is 0.132 e. The van der Waals surface area contributed by atoms with Crippen LogP contribution in [0.5, 0.6) is 0 Å². The summed E-state index contributed by atoms with van der Waals surface area (Å²) in [6.45, 7) is 0. The Kier molecular flexibility index (Phi) is 4.60. The van der Waals surface area contributed by atoms with Crippen molar-refractivity contribution in [2.75, 3.05) is 11.6 Å². The highest BCUT2D eigenvalue weighted by Crippen LogP contribution is 2.32. The van der Waals surface area contributed by atoms with Gasteiger partial charge in [-0.3, -0.25) is 0 Å². The average Bonchev–Trinajstić information content (AvgIpc) is 2.62. The molecular weight excluding hydrogens is 302 g/mol. The van der Waals surface area contributed by atoms with E-state index in [1.165, 1.54) is 11.8 Å². The number of nitrogens with zero attached hydrogens (tertiary/aromatic N) is 2. The Morgan fingerprint density at radius 2 is 1.65 bits per heavy atom. The van der Waals surface area contributed by atoms with Gasteiger partial charge in [0.25, 0.3) is 0 Å². The van der Waals surface area contributed by atoms with Crippen molar-refractivity contribution in [3.8, 4) is 17.2 Å². The maximum atomic E-state index is 9.55. The topological polar surface area (TPSA) is 48.7 Å². The van der Waals surface area contributed by atoms with Gasteiger partial charge in [0.15, 0.2) is 0 Å². The maximum Gasteiger partial charge on any atom is 0.132 e. The van der Waals surface area contributed by atoms with Crippen LogP contribution in [0.25, 0.3) is 11.1 Å². The van der Waals surface area contributed by atoms with E-state index in [0.717, 1.165) is 27.7 Å². The van der Waals surface area contributed by atoms with Crippen molar-refractivity contribution in [3.05, 3.63) is 72.3 Å². The van der Waals surface area contributed by atoms with Gasteiger partial charge in [-0.25, -0.2) is 4.98 Å². The third-order valence-electron chi connectivity index (χ3n) is 3.42. The maximum absolute atomic E-state index is 9.55. The molecule has 3 nitrogen and oxygen atoms in total. The molecule has 0 amide bonds. The number of anilines is 2. The first kappa shape index (κ1) is 15.1. The monoisotopic (exact) mass is 317 g/mol. The van der Waals surface area contributed by atoms with Crippen molar-refractivity contribution in [3.63, 3.8) is 0 Å². The summed E-state index contributed by atoms with van der Waals surface area (Å²) in [5.41, 5.74) is 3.49. The van der Waals surface area contributed by atoms with Gasteiger partial charge in [-0.2, -0.15) is 5.26 Å². The molecule has 1 heterocycles. The largest absolute Gasteiger partial charge is 0.340 e. The first-order chi connectivity index (χ1) is 11.3. The lowest BCUT2D eigenvalue weighted by molar-refractivity contribution is 1.12. The minimum atomic E-state index is 0.613. The van der Waals surface area contributed by atoms with Crippen molar-refractivity contribution < 1.29 is 0 Å². The number of para-hydroxylation sites is 1. The van der Waals surface area contributed by atoms with Crippen LogP contribution in [0.3, 0.4) is 0 Å². The Bertz CT molecular complexity index is 840. The number of hydrogen-bond acceptors (Lipinski definition) is 4. The number of benzene rings is 2. The van der Waals surface area contributed by atoms with E-state index in [1.54, 1.807) is 0 Å². The van der Waals surface area contributed by atoms with E-state index in [2.05, 4.69) is 16.4 Å². The van der Waals surface area contributed by atoms with Gasteiger partial charge in [0.1, 0.15) is 16.9 Å². The zero-order valence-corrected chi connectivity index (χ0v) is 13.5. The van der Waals surface area contributed by atoms with Gasteiger partial charge >= 0.3 is 0 Å². The molecule has 3 aromatic rings. The van der Waals surface area contributed by atoms with E-state index in [1.807, 2.05) is 73.0 Å². The molecule has 2 aromatic carbocycles. The highest BCUT2D eigenvalue weighted by atomic mass is 32.2. The zero-order chi connectivity index (χ0) is 16.1. The molecule has 0 fully saturated rings. The molecule has 112 valence electrons. The molecule has 3 rings (SSSR count). The summed E-state index contributed by atoms with van der Waals surface area (Å²) in [5, 5.41) is 13.6. The fourth-order valence-electron chi connectivity index (χ4n) is 2.36. The Labute approximate surface area is 140 Å². The quantitative estimate of drug-likeness (QED) is 0.681. The minimum absolute atomic E-state index is 0.613. The van der Waals surface area contributed by atoms with Crippen LogP contribution in [0.4, 0.5) is 11.5 Å². The molecule has 0 aliphatic heterocycles. The van der Waals surface area contributed by atoms with Gasteiger partial charge in [-0.15, -0.1) is 11.8 Å². The van der Waals surface area contributed by atoms with E-state index >= 15 is 0 Å². The van der Waals surface area contributed by atoms with Crippen molar-refractivity contribution in [2.45, 2.75) is 5.03 Å². The van der Waals surface area contributed by atoms with Crippen molar-refractivity contribution in [1.29, 1.82) is 5.26 Å². The van der Waals surface area contributed by atoms with Crippen molar-refractivity contribution in [1.82, 2.24) is 4.98 Å². The standard InChI is InChI=1S/C19H15N3S/c1-23-19-17(13-20)16(14-8-4-2-5-9-14)12-18(22-19)21-15-10-6-3-7-11-15/h2-12H,1H3,(H,21,22). The van der Waals surface area contributed by atoms with E-state index in [9.17, 15) is 5.26 Å². The zero-order valence-electron chi connectivity index (χ0n) is 12.7. The molecule has 0 bridgehead atoms. The third kappa shape index (κ3) is 3.36. The van der Waals surface area contributed by atoms with Gasteiger partial charge in [0.2, 0.25) is 0 Å². The number of nitriles is 1. The Morgan fingerprint density at radius 3 is 2.26 bits per heavy atom. The van der Waals surface area contributed by atoms with Crippen LogP contribution in [-0.2, 0) is 0 Å². The highest BCUT2D eigenvalue weighted by molar-refractivity contribution is 7.98. The van der Waals surface area contributed by atoms with Crippen LogP contribution in [0.15, 0.2) is 71.8 Å². The van der Waals surface area contributed by atoms with Crippen LogP contribution in [-0.4, -0.2) is 11.2 Å². The fourth-order valence-corrected chi connectivity index (χ4v) is 2.91. The molecule has 0 aliphatic carbocycles. The molecule has 1 N–H and O–H groups in total. The number of thioether (sulfide) groups is 1. The highest BCUT2D eigenvalue weighted by Gasteiger charge is 2.13. The molecular formula is C19H15N3S. The Morgan fingerprint density at radius 1 is 1.00 bits per heavy atom. The predicted octanol–water partition coefficient (Wildman–Crippen LogP) is 5.09. The predicted molar refractivity (Wildman–Crippen MR) is 95.9 cm³/mol. The minimum Gasteiger partial charge on any atom is -0.340 e. The van der Waals surface area contributed by atoms with Crippen LogP contribution >= 0.6 is 11.8 Å². The van der Waals surface area contributed by atoms with Gasteiger partial charge in [0.05, 0.1) is 5.56 Å². The number of rotatable bonds is 4. The average molecular weight is 317 g/mol. The number of hydrogen-bond donors (Lipinski definition) is 1. The van der Waals surface area contributed by atoms with Crippen molar-refractivity contribution >= 4 is 23.3 Å². The lowest BCUT2D eigenvalue weighted by Crippen LogP contribution is -1.99. The summed E-state index contributed by atoms with van der Waals surface area (Å²) in [7, 11) is 0. The molecule has 0 atom stereocenters. The molecule has 0 saturated carbocycles. The van der Waals surface area contributed by atoms with Crippen LogP contribution in [0, 0.1) is 11.3 Å². The van der Waals surface area contributed by atoms with Crippen LogP contribution < -0.4 is 5.32 Å². The van der Waals surface area contributed by atoms with E-state index in [-0.39, 0.29) is 0 Å². The molecule has 0 saturated heterocycles. The molecule has 0 spiro atoms. The summed E-state index contributed by atoms with van der Waals surface area (Å²) in [5.74, 6) is 0.735.